The lowest BCUT2D eigenvalue weighted by molar-refractivity contribution is 0.153. The van der Waals surface area contributed by atoms with Crippen LogP contribution in [0.1, 0.15) is 18.6 Å². The Balaban J connectivity index is 2.88. The Labute approximate surface area is 80.5 Å². The van der Waals surface area contributed by atoms with Crippen molar-refractivity contribution < 1.29 is 5.11 Å². The molecule has 0 spiro atoms. The summed E-state index contributed by atoms with van der Waals surface area (Å²) in [6.07, 6.45) is -0.581. The molecule has 1 rings (SSSR count). The lowest BCUT2D eigenvalue weighted by Gasteiger charge is -2.14. The highest BCUT2D eigenvalue weighted by atomic mass is 79.9. The molecular weight excluding hydrogens is 218 g/mol. The second-order valence-electron chi connectivity index (χ2n) is 2.86. The highest BCUT2D eigenvalue weighted by Gasteiger charge is 2.11. The standard InChI is InChI=1S/C9H12BrNO/c1-6(11)9(12)7-3-2-4-8(10)5-7/h2-6,9,12H,11H2,1H3/t6-,9+/m1/s1. The summed E-state index contributed by atoms with van der Waals surface area (Å²) in [6, 6.07) is 7.29. The molecule has 0 amide bonds. The van der Waals surface area contributed by atoms with Gasteiger partial charge in [0.2, 0.25) is 0 Å². The molecule has 3 heteroatoms. The topological polar surface area (TPSA) is 46.2 Å². The number of rotatable bonds is 2. The normalized spacial score (nSPS) is 15.7. The van der Waals surface area contributed by atoms with Crippen molar-refractivity contribution in [2.24, 2.45) is 5.73 Å². The zero-order valence-electron chi connectivity index (χ0n) is 6.87. The molecule has 0 aliphatic carbocycles. The van der Waals surface area contributed by atoms with Crippen molar-refractivity contribution in [1.29, 1.82) is 0 Å². The van der Waals surface area contributed by atoms with Gasteiger partial charge in [-0.05, 0) is 24.6 Å². The van der Waals surface area contributed by atoms with E-state index in [2.05, 4.69) is 15.9 Å². The van der Waals surface area contributed by atoms with Crippen molar-refractivity contribution in [3.05, 3.63) is 34.3 Å². The van der Waals surface area contributed by atoms with Gasteiger partial charge < -0.3 is 10.8 Å². The fourth-order valence-corrected chi connectivity index (χ4v) is 1.41. The smallest absolute Gasteiger partial charge is 0.0938 e. The van der Waals surface area contributed by atoms with Crippen LogP contribution in [0.3, 0.4) is 0 Å². The van der Waals surface area contributed by atoms with Crippen molar-refractivity contribution in [3.8, 4) is 0 Å². The summed E-state index contributed by atoms with van der Waals surface area (Å²) in [5.41, 5.74) is 6.40. The van der Waals surface area contributed by atoms with Gasteiger partial charge in [-0.15, -0.1) is 0 Å². The minimum Gasteiger partial charge on any atom is -0.387 e. The molecule has 0 heterocycles. The average Bonchev–Trinajstić information content (AvgIpc) is 2.03. The third-order valence-electron chi connectivity index (χ3n) is 1.69. The fraction of sp³-hybridized carbons (Fsp3) is 0.333. The first-order valence-corrected chi connectivity index (χ1v) is 4.59. The van der Waals surface area contributed by atoms with Gasteiger partial charge in [0.05, 0.1) is 6.10 Å². The van der Waals surface area contributed by atoms with E-state index in [0.717, 1.165) is 10.0 Å². The number of halogens is 1. The summed E-state index contributed by atoms with van der Waals surface area (Å²) in [5.74, 6) is 0. The van der Waals surface area contributed by atoms with E-state index in [0.29, 0.717) is 0 Å². The van der Waals surface area contributed by atoms with Gasteiger partial charge in [0.25, 0.3) is 0 Å². The molecule has 2 atom stereocenters. The molecule has 0 aromatic heterocycles. The summed E-state index contributed by atoms with van der Waals surface area (Å²) < 4.78 is 0.958. The largest absolute Gasteiger partial charge is 0.387 e. The lowest BCUT2D eigenvalue weighted by atomic mass is 10.0. The summed E-state index contributed by atoms with van der Waals surface area (Å²) in [5, 5.41) is 9.58. The molecule has 0 unspecified atom stereocenters. The van der Waals surface area contributed by atoms with Crippen LogP contribution in [0.15, 0.2) is 28.7 Å². The molecule has 0 bridgehead atoms. The monoisotopic (exact) mass is 229 g/mol. The first kappa shape index (κ1) is 9.71. The number of aliphatic hydroxyl groups is 1. The van der Waals surface area contributed by atoms with E-state index < -0.39 is 6.10 Å². The Kier molecular flexibility index (Phi) is 3.26. The maximum Gasteiger partial charge on any atom is 0.0938 e. The van der Waals surface area contributed by atoms with Crippen molar-refractivity contribution in [2.75, 3.05) is 0 Å². The minimum absolute atomic E-state index is 0.237. The number of hydrogen-bond donors (Lipinski definition) is 2. The van der Waals surface area contributed by atoms with Crippen molar-refractivity contribution in [2.45, 2.75) is 19.1 Å². The Morgan fingerprint density at radius 3 is 2.67 bits per heavy atom. The van der Waals surface area contributed by atoms with Gasteiger partial charge in [0.1, 0.15) is 0 Å². The van der Waals surface area contributed by atoms with Crippen LogP contribution >= 0.6 is 15.9 Å². The van der Waals surface area contributed by atoms with Gasteiger partial charge in [-0.25, -0.2) is 0 Å². The Hall–Kier alpha value is -0.380. The van der Waals surface area contributed by atoms with Crippen LogP contribution in [0.4, 0.5) is 0 Å². The van der Waals surface area contributed by atoms with Gasteiger partial charge >= 0.3 is 0 Å². The second-order valence-corrected chi connectivity index (χ2v) is 3.77. The van der Waals surface area contributed by atoms with Crippen molar-refractivity contribution in [1.82, 2.24) is 0 Å². The quantitative estimate of drug-likeness (QED) is 0.814. The highest BCUT2D eigenvalue weighted by molar-refractivity contribution is 9.10. The molecule has 1 aromatic carbocycles. The third kappa shape index (κ3) is 2.30. The molecule has 0 radical (unpaired) electrons. The SMILES string of the molecule is C[C@@H](N)[C@H](O)c1cccc(Br)c1. The van der Waals surface area contributed by atoms with E-state index in [1.54, 1.807) is 6.92 Å². The molecule has 2 nitrogen and oxygen atoms in total. The van der Waals surface area contributed by atoms with Crippen LogP contribution in [0.25, 0.3) is 0 Å². The molecule has 0 saturated carbocycles. The molecule has 0 fully saturated rings. The molecule has 1 aromatic rings. The van der Waals surface area contributed by atoms with E-state index in [1.807, 2.05) is 24.3 Å². The Morgan fingerprint density at radius 1 is 1.50 bits per heavy atom. The summed E-state index contributed by atoms with van der Waals surface area (Å²) in [4.78, 5) is 0. The molecule has 0 aliphatic heterocycles. The first-order valence-electron chi connectivity index (χ1n) is 3.80. The van der Waals surface area contributed by atoms with Gasteiger partial charge in [-0.1, -0.05) is 28.1 Å². The number of nitrogens with two attached hydrogens (primary N) is 1. The van der Waals surface area contributed by atoms with E-state index in [9.17, 15) is 5.11 Å². The zero-order chi connectivity index (χ0) is 9.14. The molecule has 3 N–H and O–H groups in total. The number of aliphatic hydroxyl groups excluding tert-OH is 1. The predicted octanol–water partition coefficient (Wildman–Crippen LogP) is 1.83. The van der Waals surface area contributed by atoms with Gasteiger partial charge in [-0.2, -0.15) is 0 Å². The van der Waals surface area contributed by atoms with E-state index in [-0.39, 0.29) is 6.04 Å². The van der Waals surface area contributed by atoms with Gasteiger partial charge in [0, 0.05) is 10.5 Å². The number of hydrogen-bond acceptors (Lipinski definition) is 2. The predicted molar refractivity (Wildman–Crippen MR) is 52.8 cm³/mol. The summed E-state index contributed by atoms with van der Waals surface area (Å²) >= 11 is 3.33. The summed E-state index contributed by atoms with van der Waals surface area (Å²) in [7, 11) is 0. The molecule has 0 aliphatic rings. The van der Waals surface area contributed by atoms with Crippen molar-refractivity contribution >= 4 is 15.9 Å². The van der Waals surface area contributed by atoms with Gasteiger partial charge in [-0.3, -0.25) is 0 Å². The van der Waals surface area contributed by atoms with Crippen LogP contribution in [0.2, 0.25) is 0 Å². The zero-order valence-corrected chi connectivity index (χ0v) is 8.45. The molecule has 12 heavy (non-hydrogen) atoms. The van der Waals surface area contributed by atoms with Crippen molar-refractivity contribution in [3.63, 3.8) is 0 Å². The lowest BCUT2D eigenvalue weighted by Crippen LogP contribution is -2.24. The highest BCUT2D eigenvalue weighted by Crippen LogP contribution is 2.19. The fourth-order valence-electron chi connectivity index (χ4n) is 0.994. The Morgan fingerprint density at radius 2 is 2.17 bits per heavy atom. The maximum atomic E-state index is 9.58. The minimum atomic E-state index is -0.581. The van der Waals surface area contributed by atoms with Crippen LogP contribution in [0.5, 0.6) is 0 Å². The van der Waals surface area contributed by atoms with Crippen LogP contribution in [-0.4, -0.2) is 11.1 Å². The van der Waals surface area contributed by atoms with Crippen LogP contribution in [-0.2, 0) is 0 Å². The summed E-state index contributed by atoms with van der Waals surface area (Å²) in [6.45, 7) is 1.78. The molecule has 0 saturated heterocycles. The second kappa shape index (κ2) is 4.03. The first-order chi connectivity index (χ1) is 5.61. The van der Waals surface area contributed by atoms with E-state index in [4.69, 9.17) is 5.73 Å². The molecular formula is C9H12BrNO. The maximum absolute atomic E-state index is 9.58. The Bertz CT molecular complexity index is 262. The van der Waals surface area contributed by atoms with Gasteiger partial charge in [0.15, 0.2) is 0 Å². The van der Waals surface area contributed by atoms with Crippen LogP contribution < -0.4 is 5.73 Å². The average molecular weight is 230 g/mol. The molecule has 66 valence electrons. The van der Waals surface area contributed by atoms with E-state index in [1.165, 1.54) is 0 Å². The van der Waals surface area contributed by atoms with Crippen LogP contribution in [0, 0.1) is 0 Å². The van der Waals surface area contributed by atoms with E-state index >= 15 is 0 Å². The number of benzene rings is 1. The third-order valence-corrected chi connectivity index (χ3v) is 2.18.